The summed E-state index contributed by atoms with van der Waals surface area (Å²) >= 11 is 0. The van der Waals surface area contributed by atoms with Gasteiger partial charge in [0, 0.05) is 12.8 Å². The average molecular weight is 326 g/mol. The number of rotatable bonds is 6. The lowest BCUT2D eigenvalue weighted by atomic mass is 9.84. The highest BCUT2D eigenvalue weighted by atomic mass is 16.1. The van der Waals surface area contributed by atoms with E-state index in [0.29, 0.717) is 18.8 Å². The quantitative estimate of drug-likeness (QED) is 0.794. The number of carbonyl (C=O) groups is 1. The number of piperidine rings is 1. The molecule has 1 aromatic carbocycles. The normalized spacial score (nSPS) is 17.5. The number of hydrogen-bond acceptors (Lipinski definition) is 3. The molecule has 3 nitrogen and oxygen atoms in total. The highest BCUT2D eigenvalue weighted by Crippen LogP contribution is 2.26. The molecule has 0 spiro atoms. The molecule has 0 radical (unpaired) electrons. The van der Waals surface area contributed by atoms with Gasteiger partial charge in [-0.2, -0.15) is 5.26 Å². The average Bonchev–Trinajstić information content (AvgIpc) is 2.52. The van der Waals surface area contributed by atoms with Crippen LogP contribution in [0.3, 0.4) is 0 Å². The number of aryl methyl sites for hydroxylation is 3. The van der Waals surface area contributed by atoms with Crippen molar-refractivity contribution in [3.8, 4) is 6.07 Å². The summed E-state index contributed by atoms with van der Waals surface area (Å²) in [6.45, 7) is 8.45. The Kier molecular flexibility index (Phi) is 6.57. The van der Waals surface area contributed by atoms with Crippen molar-refractivity contribution in [1.29, 1.82) is 5.26 Å². The summed E-state index contributed by atoms with van der Waals surface area (Å²) in [4.78, 5) is 14.8. The molecule has 0 aliphatic carbocycles. The van der Waals surface area contributed by atoms with Gasteiger partial charge in [0.2, 0.25) is 0 Å². The van der Waals surface area contributed by atoms with Gasteiger partial charge in [-0.3, -0.25) is 4.79 Å². The fourth-order valence-corrected chi connectivity index (χ4v) is 3.91. The van der Waals surface area contributed by atoms with Crippen molar-refractivity contribution in [2.24, 2.45) is 11.8 Å². The molecule has 1 aliphatic heterocycles. The third-order valence-corrected chi connectivity index (χ3v) is 5.33. The van der Waals surface area contributed by atoms with Gasteiger partial charge in [-0.25, -0.2) is 0 Å². The second-order valence-corrected chi connectivity index (χ2v) is 7.61. The van der Waals surface area contributed by atoms with Crippen molar-refractivity contribution in [3.05, 3.63) is 34.4 Å². The predicted molar refractivity (Wildman–Crippen MR) is 97.9 cm³/mol. The highest BCUT2D eigenvalue weighted by Gasteiger charge is 2.23. The molecular weight excluding hydrogens is 296 g/mol. The summed E-state index contributed by atoms with van der Waals surface area (Å²) in [6.07, 6.45) is 4.04. The Morgan fingerprint density at radius 2 is 1.83 bits per heavy atom. The molecule has 0 bridgehead atoms. The monoisotopic (exact) mass is 326 g/mol. The maximum absolute atomic E-state index is 12.5. The first-order chi connectivity index (χ1) is 11.4. The number of benzene rings is 1. The van der Waals surface area contributed by atoms with Gasteiger partial charge in [0.05, 0.1) is 12.0 Å². The molecule has 0 N–H and O–H groups in total. The molecule has 3 heteroatoms. The second-order valence-electron chi connectivity index (χ2n) is 7.61. The molecule has 24 heavy (non-hydrogen) atoms. The van der Waals surface area contributed by atoms with Crippen molar-refractivity contribution >= 4 is 5.78 Å². The molecule has 0 amide bonds. The fraction of sp³-hybridized carbons (Fsp3) is 0.619. The van der Waals surface area contributed by atoms with Crippen LogP contribution >= 0.6 is 0 Å². The zero-order valence-corrected chi connectivity index (χ0v) is 15.6. The minimum Gasteiger partial charge on any atom is -0.306 e. The zero-order chi connectivity index (χ0) is 17.7. The lowest BCUT2D eigenvalue weighted by molar-refractivity contribution is -0.119. The molecule has 1 heterocycles. The number of Topliss-reactive ketones (excluding diaryl/α,β-unsaturated/α-hetero) is 1. The summed E-state index contributed by atoms with van der Waals surface area (Å²) in [7, 11) is 2.15. The zero-order valence-electron chi connectivity index (χ0n) is 15.6. The smallest absolute Gasteiger partial charge is 0.138 e. The van der Waals surface area contributed by atoms with Gasteiger partial charge in [0.15, 0.2) is 0 Å². The van der Waals surface area contributed by atoms with E-state index in [0.717, 1.165) is 37.9 Å². The first-order valence-corrected chi connectivity index (χ1v) is 9.05. The Labute approximate surface area is 146 Å². The van der Waals surface area contributed by atoms with Crippen LogP contribution < -0.4 is 0 Å². The van der Waals surface area contributed by atoms with E-state index in [4.69, 9.17) is 0 Å². The van der Waals surface area contributed by atoms with Gasteiger partial charge in [0.25, 0.3) is 0 Å². The fourth-order valence-electron chi connectivity index (χ4n) is 3.91. The number of hydrogen-bond donors (Lipinski definition) is 0. The number of ketones is 1. The van der Waals surface area contributed by atoms with Gasteiger partial charge in [-0.15, -0.1) is 0 Å². The van der Waals surface area contributed by atoms with Crippen LogP contribution in [0.4, 0.5) is 0 Å². The van der Waals surface area contributed by atoms with Gasteiger partial charge in [-0.1, -0.05) is 17.7 Å². The van der Waals surface area contributed by atoms with Crippen molar-refractivity contribution in [3.63, 3.8) is 0 Å². The Balaban J connectivity index is 1.92. The molecule has 130 valence electrons. The van der Waals surface area contributed by atoms with Crippen LogP contribution in [0.15, 0.2) is 12.1 Å². The van der Waals surface area contributed by atoms with Crippen LogP contribution in [0.25, 0.3) is 0 Å². The van der Waals surface area contributed by atoms with Crippen molar-refractivity contribution in [2.45, 2.75) is 52.9 Å². The standard InChI is InChI=1S/C21H30N2O/c1-15-9-16(2)21(17(3)10-15)13-20(24)12-19(14-22)11-18-5-7-23(4)8-6-18/h9-10,18-19H,5-8,11-13H2,1-4H3. The van der Waals surface area contributed by atoms with E-state index >= 15 is 0 Å². The summed E-state index contributed by atoms with van der Waals surface area (Å²) < 4.78 is 0. The van der Waals surface area contributed by atoms with E-state index in [1.807, 2.05) is 0 Å². The van der Waals surface area contributed by atoms with Crippen LogP contribution in [0.5, 0.6) is 0 Å². The number of likely N-dealkylation sites (tertiary alicyclic amines) is 1. The molecule has 0 aromatic heterocycles. The number of carbonyl (C=O) groups excluding carboxylic acids is 1. The van der Waals surface area contributed by atoms with Gasteiger partial charge < -0.3 is 4.90 Å². The number of nitriles is 1. The third kappa shape index (κ3) is 5.18. The summed E-state index contributed by atoms with van der Waals surface area (Å²) in [5.74, 6) is 0.669. The van der Waals surface area contributed by atoms with E-state index < -0.39 is 0 Å². The summed E-state index contributed by atoms with van der Waals surface area (Å²) in [5.41, 5.74) is 4.74. The lowest BCUT2D eigenvalue weighted by Gasteiger charge is -2.29. The maximum atomic E-state index is 12.5. The van der Waals surface area contributed by atoms with E-state index in [-0.39, 0.29) is 11.7 Å². The van der Waals surface area contributed by atoms with Crippen molar-refractivity contribution < 1.29 is 4.79 Å². The van der Waals surface area contributed by atoms with Gasteiger partial charge in [-0.05, 0) is 82.8 Å². The largest absolute Gasteiger partial charge is 0.306 e. The maximum Gasteiger partial charge on any atom is 0.138 e. The minimum absolute atomic E-state index is 0.128. The molecule has 0 saturated carbocycles. The molecule has 1 fully saturated rings. The van der Waals surface area contributed by atoms with Crippen molar-refractivity contribution in [2.75, 3.05) is 20.1 Å². The molecule has 1 aromatic rings. The van der Waals surface area contributed by atoms with Crippen LogP contribution in [-0.2, 0) is 11.2 Å². The van der Waals surface area contributed by atoms with E-state index in [1.165, 1.54) is 16.7 Å². The first-order valence-electron chi connectivity index (χ1n) is 9.05. The SMILES string of the molecule is Cc1cc(C)c(CC(=O)CC(C#N)CC2CCN(C)CC2)c(C)c1. The van der Waals surface area contributed by atoms with Crippen molar-refractivity contribution in [1.82, 2.24) is 4.90 Å². The Hall–Kier alpha value is -1.66. The third-order valence-electron chi connectivity index (χ3n) is 5.33. The Bertz CT molecular complexity index is 598. The topological polar surface area (TPSA) is 44.1 Å². The van der Waals surface area contributed by atoms with Crippen LogP contribution in [-0.4, -0.2) is 30.8 Å². The Morgan fingerprint density at radius 3 is 2.38 bits per heavy atom. The molecule has 2 rings (SSSR count). The van der Waals surface area contributed by atoms with Crippen LogP contribution in [0.1, 0.15) is 47.9 Å². The molecule has 1 saturated heterocycles. The first kappa shape index (κ1) is 18.7. The highest BCUT2D eigenvalue weighted by molar-refractivity contribution is 5.82. The predicted octanol–water partition coefficient (Wildman–Crippen LogP) is 3.99. The molecular formula is C21H30N2O. The molecule has 1 atom stereocenters. The van der Waals surface area contributed by atoms with Gasteiger partial charge in [0.1, 0.15) is 5.78 Å². The second kappa shape index (κ2) is 8.44. The molecule has 1 unspecified atom stereocenters. The van der Waals surface area contributed by atoms with E-state index in [9.17, 15) is 10.1 Å². The Morgan fingerprint density at radius 1 is 1.25 bits per heavy atom. The van der Waals surface area contributed by atoms with Crippen LogP contribution in [0, 0.1) is 43.9 Å². The molecule has 1 aliphatic rings. The van der Waals surface area contributed by atoms with Gasteiger partial charge >= 0.3 is 0 Å². The van der Waals surface area contributed by atoms with E-state index in [2.05, 4.69) is 50.9 Å². The lowest BCUT2D eigenvalue weighted by Crippen LogP contribution is -2.31. The summed E-state index contributed by atoms with van der Waals surface area (Å²) in [5, 5.41) is 9.46. The summed E-state index contributed by atoms with van der Waals surface area (Å²) in [6, 6.07) is 6.65. The minimum atomic E-state index is -0.128. The van der Waals surface area contributed by atoms with E-state index in [1.54, 1.807) is 0 Å². The number of nitrogens with zero attached hydrogens (tertiary/aromatic N) is 2. The van der Waals surface area contributed by atoms with Crippen LogP contribution in [0.2, 0.25) is 0 Å².